The van der Waals surface area contributed by atoms with E-state index < -0.39 is 0 Å². The molecule has 0 spiro atoms. The van der Waals surface area contributed by atoms with Gasteiger partial charge in [0.15, 0.2) is 5.76 Å². The Morgan fingerprint density at radius 3 is 2.38 bits per heavy atom. The van der Waals surface area contributed by atoms with Gasteiger partial charge in [-0.25, -0.2) is 0 Å². The first-order chi connectivity index (χ1) is 14.1. The fourth-order valence-corrected chi connectivity index (χ4v) is 3.79. The lowest BCUT2D eigenvalue weighted by atomic mass is 9.93. The van der Waals surface area contributed by atoms with E-state index in [1.165, 1.54) is 0 Å². The first kappa shape index (κ1) is 18.8. The van der Waals surface area contributed by atoms with Gasteiger partial charge < -0.3 is 14.7 Å². The summed E-state index contributed by atoms with van der Waals surface area (Å²) in [4.78, 5) is 14.8. The molecule has 0 bridgehead atoms. The van der Waals surface area contributed by atoms with E-state index in [2.05, 4.69) is 0 Å². The van der Waals surface area contributed by atoms with E-state index in [1.54, 1.807) is 12.0 Å². The lowest BCUT2D eigenvalue weighted by molar-refractivity contribution is -0.130. The number of benzene rings is 3. The molecule has 0 fully saturated rings. The van der Waals surface area contributed by atoms with Crippen molar-refractivity contribution in [2.24, 2.45) is 0 Å². The predicted molar refractivity (Wildman–Crippen MR) is 113 cm³/mol. The van der Waals surface area contributed by atoms with Crippen LogP contribution in [0.1, 0.15) is 28.3 Å². The molecule has 1 N–H and O–H groups in total. The highest BCUT2D eigenvalue weighted by atomic mass is 16.5. The molecule has 4 heteroatoms. The van der Waals surface area contributed by atoms with Crippen LogP contribution >= 0.6 is 0 Å². The Morgan fingerprint density at radius 1 is 0.966 bits per heavy atom. The second kappa shape index (κ2) is 7.84. The minimum Gasteiger partial charge on any atom is -0.503 e. The Kier molecular flexibility index (Phi) is 5.09. The van der Waals surface area contributed by atoms with Crippen molar-refractivity contribution in [1.29, 1.82) is 0 Å². The maximum Gasteiger partial charge on any atom is 0.290 e. The van der Waals surface area contributed by atoms with Crippen LogP contribution in [0, 0.1) is 6.92 Å². The van der Waals surface area contributed by atoms with Gasteiger partial charge in [-0.05, 0) is 35.7 Å². The van der Waals surface area contributed by atoms with Gasteiger partial charge in [0, 0.05) is 12.1 Å². The monoisotopic (exact) mass is 385 g/mol. The van der Waals surface area contributed by atoms with Crippen molar-refractivity contribution in [2.45, 2.75) is 19.5 Å². The highest BCUT2D eigenvalue weighted by molar-refractivity contribution is 6.05. The number of hydrogen-bond donors (Lipinski definition) is 1. The van der Waals surface area contributed by atoms with Crippen LogP contribution in [-0.4, -0.2) is 23.0 Å². The highest BCUT2D eigenvalue weighted by Gasteiger charge is 2.40. The Labute approximate surface area is 170 Å². The number of carbonyl (C=O) groups is 1. The van der Waals surface area contributed by atoms with E-state index in [0.29, 0.717) is 12.1 Å². The molecule has 4 nitrogen and oxygen atoms in total. The summed E-state index contributed by atoms with van der Waals surface area (Å²) in [5.74, 6) is 0.184. The molecule has 0 aliphatic carbocycles. The Bertz CT molecular complexity index is 1050. The molecule has 1 heterocycles. The van der Waals surface area contributed by atoms with Crippen LogP contribution in [0.15, 0.2) is 84.6 Å². The first-order valence-electron chi connectivity index (χ1n) is 9.57. The zero-order chi connectivity index (χ0) is 20.4. The molecular formula is C25H23NO3. The molecule has 29 heavy (non-hydrogen) atoms. The first-order valence-corrected chi connectivity index (χ1v) is 9.57. The average Bonchev–Trinajstić information content (AvgIpc) is 3.00. The van der Waals surface area contributed by atoms with Gasteiger partial charge in [0.25, 0.3) is 5.91 Å². The van der Waals surface area contributed by atoms with Gasteiger partial charge in [-0.15, -0.1) is 0 Å². The van der Waals surface area contributed by atoms with Crippen LogP contribution in [0.25, 0.3) is 5.57 Å². The lowest BCUT2D eigenvalue weighted by Crippen LogP contribution is -2.29. The molecule has 146 valence electrons. The maximum atomic E-state index is 13.1. The van der Waals surface area contributed by atoms with Gasteiger partial charge in [-0.3, -0.25) is 4.79 Å². The third-order valence-electron chi connectivity index (χ3n) is 5.27. The molecule has 1 aliphatic heterocycles. The van der Waals surface area contributed by atoms with Gasteiger partial charge in [-0.2, -0.15) is 0 Å². The van der Waals surface area contributed by atoms with Crippen molar-refractivity contribution >= 4 is 11.5 Å². The zero-order valence-corrected chi connectivity index (χ0v) is 16.5. The largest absolute Gasteiger partial charge is 0.503 e. The molecular weight excluding hydrogens is 362 g/mol. The maximum absolute atomic E-state index is 13.1. The van der Waals surface area contributed by atoms with Gasteiger partial charge in [0.05, 0.1) is 13.2 Å². The number of aliphatic hydroxyl groups excluding tert-OH is 1. The molecule has 0 saturated carbocycles. The summed E-state index contributed by atoms with van der Waals surface area (Å²) in [5, 5.41) is 10.8. The molecule has 1 atom stereocenters. The predicted octanol–water partition coefficient (Wildman–Crippen LogP) is 5.06. The number of methoxy groups -OCH3 is 1. The van der Waals surface area contributed by atoms with Crippen LogP contribution in [0.2, 0.25) is 0 Å². The third kappa shape index (κ3) is 3.61. The standard InChI is InChI=1S/C25H23NO3/c1-17-11-13-19(14-12-17)22-23(20-8-4-3-5-9-20)26(25(28)24(22)27)16-18-7-6-10-21(15-18)29-2/h3-15,23,27H,16H2,1-2H3/t23-/m1/s1. The normalized spacial score (nSPS) is 16.4. The lowest BCUT2D eigenvalue weighted by Gasteiger charge is -2.27. The molecule has 0 saturated heterocycles. The molecule has 3 aromatic carbocycles. The van der Waals surface area contributed by atoms with Gasteiger partial charge in [-0.1, -0.05) is 72.3 Å². The van der Waals surface area contributed by atoms with Crippen molar-refractivity contribution in [3.05, 3.63) is 107 Å². The highest BCUT2D eigenvalue weighted by Crippen LogP contribution is 2.43. The second-order valence-corrected chi connectivity index (χ2v) is 7.23. The summed E-state index contributed by atoms with van der Waals surface area (Å²) in [6.45, 7) is 2.39. The molecule has 1 aliphatic rings. The fourth-order valence-electron chi connectivity index (χ4n) is 3.79. The zero-order valence-electron chi connectivity index (χ0n) is 16.5. The summed E-state index contributed by atoms with van der Waals surface area (Å²) < 4.78 is 5.32. The smallest absolute Gasteiger partial charge is 0.290 e. The quantitative estimate of drug-likeness (QED) is 0.668. The van der Waals surface area contributed by atoms with E-state index in [0.717, 1.165) is 28.0 Å². The van der Waals surface area contributed by atoms with Crippen molar-refractivity contribution in [3.8, 4) is 5.75 Å². The van der Waals surface area contributed by atoms with Crippen LogP contribution in [-0.2, 0) is 11.3 Å². The summed E-state index contributed by atoms with van der Waals surface area (Å²) in [6.07, 6.45) is 0. The fraction of sp³-hybridized carbons (Fsp3) is 0.160. The van der Waals surface area contributed by atoms with Crippen molar-refractivity contribution < 1.29 is 14.6 Å². The van der Waals surface area contributed by atoms with Gasteiger partial charge in [0.1, 0.15) is 5.75 Å². The van der Waals surface area contributed by atoms with Crippen LogP contribution in [0.5, 0.6) is 5.75 Å². The number of aliphatic hydroxyl groups is 1. The molecule has 0 aromatic heterocycles. The van der Waals surface area contributed by atoms with E-state index in [1.807, 2.05) is 85.8 Å². The Balaban J connectivity index is 1.79. The number of amides is 1. The molecule has 4 rings (SSSR count). The number of rotatable bonds is 5. The third-order valence-corrected chi connectivity index (χ3v) is 5.27. The van der Waals surface area contributed by atoms with Crippen molar-refractivity contribution in [1.82, 2.24) is 4.90 Å². The molecule has 0 radical (unpaired) electrons. The minimum absolute atomic E-state index is 0.189. The van der Waals surface area contributed by atoms with Crippen LogP contribution in [0.4, 0.5) is 0 Å². The van der Waals surface area contributed by atoms with E-state index >= 15 is 0 Å². The van der Waals surface area contributed by atoms with Crippen LogP contribution in [0.3, 0.4) is 0 Å². The Hall–Kier alpha value is -3.53. The second-order valence-electron chi connectivity index (χ2n) is 7.23. The SMILES string of the molecule is COc1cccc(CN2C(=O)C(O)=C(c3ccc(C)cc3)[C@H]2c2ccccc2)c1. The summed E-state index contributed by atoms with van der Waals surface area (Å²) >= 11 is 0. The number of carbonyl (C=O) groups excluding carboxylic acids is 1. The van der Waals surface area contributed by atoms with E-state index in [-0.39, 0.29) is 17.7 Å². The van der Waals surface area contributed by atoms with Gasteiger partial charge in [0.2, 0.25) is 0 Å². The summed E-state index contributed by atoms with van der Waals surface area (Å²) in [5.41, 5.74) is 4.52. The number of nitrogens with zero attached hydrogens (tertiary/aromatic N) is 1. The van der Waals surface area contributed by atoms with Gasteiger partial charge >= 0.3 is 0 Å². The molecule has 3 aromatic rings. The van der Waals surface area contributed by atoms with Crippen molar-refractivity contribution in [2.75, 3.05) is 7.11 Å². The minimum atomic E-state index is -0.364. The summed E-state index contributed by atoms with van der Waals surface area (Å²) in [6, 6.07) is 25.0. The molecule has 1 amide bonds. The van der Waals surface area contributed by atoms with Crippen molar-refractivity contribution in [3.63, 3.8) is 0 Å². The molecule has 0 unspecified atom stereocenters. The number of hydrogen-bond acceptors (Lipinski definition) is 3. The number of aryl methyl sites for hydroxylation is 1. The summed E-state index contributed by atoms with van der Waals surface area (Å²) in [7, 11) is 1.62. The van der Waals surface area contributed by atoms with Crippen LogP contribution < -0.4 is 4.74 Å². The Morgan fingerprint density at radius 2 is 1.69 bits per heavy atom. The topological polar surface area (TPSA) is 49.8 Å². The van der Waals surface area contributed by atoms with E-state index in [9.17, 15) is 9.90 Å². The number of ether oxygens (including phenoxy) is 1. The average molecular weight is 385 g/mol. The van der Waals surface area contributed by atoms with E-state index in [4.69, 9.17) is 4.74 Å².